The van der Waals surface area contributed by atoms with Gasteiger partial charge in [0.25, 0.3) is 5.91 Å². The number of aliphatic hydroxyl groups excluding tert-OH is 1. The van der Waals surface area contributed by atoms with Gasteiger partial charge in [-0.2, -0.15) is 0 Å². The van der Waals surface area contributed by atoms with E-state index in [1.807, 2.05) is 19.9 Å². The van der Waals surface area contributed by atoms with Crippen LogP contribution in [0.3, 0.4) is 0 Å². The van der Waals surface area contributed by atoms with Crippen LogP contribution in [-0.2, 0) is 4.79 Å². The van der Waals surface area contributed by atoms with E-state index in [0.29, 0.717) is 18.2 Å². The lowest BCUT2D eigenvalue weighted by Gasteiger charge is -2.10. The van der Waals surface area contributed by atoms with E-state index in [0.717, 1.165) is 5.56 Å². The van der Waals surface area contributed by atoms with Gasteiger partial charge >= 0.3 is 0 Å². The number of aliphatic hydroxyl groups is 1. The lowest BCUT2D eigenvalue weighted by atomic mass is 10.1. The molecule has 4 heteroatoms. The molecule has 18 heavy (non-hydrogen) atoms. The molecule has 0 saturated carbocycles. The van der Waals surface area contributed by atoms with Gasteiger partial charge in [0.05, 0.1) is 6.10 Å². The van der Waals surface area contributed by atoms with Crippen LogP contribution >= 0.6 is 0 Å². The van der Waals surface area contributed by atoms with Gasteiger partial charge in [0.15, 0.2) is 6.61 Å². The Morgan fingerprint density at radius 3 is 2.72 bits per heavy atom. The summed E-state index contributed by atoms with van der Waals surface area (Å²) < 4.78 is 5.37. The van der Waals surface area contributed by atoms with Gasteiger partial charge in [0.1, 0.15) is 5.75 Å². The van der Waals surface area contributed by atoms with Crippen LogP contribution in [0.5, 0.6) is 5.75 Å². The molecule has 0 saturated heterocycles. The third-order valence-corrected chi connectivity index (χ3v) is 2.42. The first-order valence-corrected chi connectivity index (χ1v) is 6.16. The minimum Gasteiger partial charge on any atom is -0.484 e. The number of carbonyl (C=O) groups is 1. The third kappa shape index (κ3) is 5.19. The molecule has 1 atom stereocenters. The lowest BCUT2D eigenvalue weighted by Crippen LogP contribution is -2.31. The summed E-state index contributed by atoms with van der Waals surface area (Å²) in [5.74, 6) is 0.881. The number of nitrogens with one attached hydrogen (secondary N) is 1. The van der Waals surface area contributed by atoms with Gasteiger partial charge in [-0.3, -0.25) is 4.79 Å². The molecule has 0 bridgehead atoms. The topological polar surface area (TPSA) is 58.6 Å². The Labute approximate surface area is 108 Å². The highest BCUT2D eigenvalue weighted by Crippen LogP contribution is 2.18. The zero-order chi connectivity index (χ0) is 13.5. The van der Waals surface area contributed by atoms with Crippen molar-refractivity contribution in [2.45, 2.75) is 26.9 Å². The lowest BCUT2D eigenvalue weighted by molar-refractivity contribution is -0.123. The standard InChI is InChI=1S/C14H21NO3/c1-10(2)8-15-14(17)9-18-13-6-4-5-12(7-13)11(3)16/h4-7,10-11,16H,8-9H2,1-3H3,(H,15,17). The minimum absolute atomic E-state index is 0.00399. The summed E-state index contributed by atoms with van der Waals surface area (Å²) in [5, 5.41) is 12.2. The molecule has 1 aromatic rings. The molecule has 0 aliphatic carbocycles. The molecule has 4 nitrogen and oxygen atoms in total. The number of amides is 1. The van der Waals surface area contributed by atoms with Crippen LogP contribution in [0.1, 0.15) is 32.4 Å². The van der Waals surface area contributed by atoms with Crippen LogP contribution in [0.4, 0.5) is 0 Å². The summed E-state index contributed by atoms with van der Waals surface area (Å²) in [6.45, 7) is 6.40. The molecule has 0 radical (unpaired) electrons. The molecule has 0 aromatic heterocycles. The second-order valence-electron chi connectivity index (χ2n) is 4.74. The first-order valence-electron chi connectivity index (χ1n) is 6.16. The van der Waals surface area contributed by atoms with Crippen LogP contribution in [0.15, 0.2) is 24.3 Å². The smallest absolute Gasteiger partial charge is 0.257 e. The number of carbonyl (C=O) groups excluding carboxylic acids is 1. The van der Waals surface area contributed by atoms with Gasteiger partial charge in [0.2, 0.25) is 0 Å². The third-order valence-electron chi connectivity index (χ3n) is 2.42. The Bertz CT molecular complexity index is 388. The Morgan fingerprint density at radius 1 is 1.39 bits per heavy atom. The predicted octanol–water partition coefficient (Wildman–Crippen LogP) is 1.89. The molecule has 2 N–H and O–H groups in total. The average molecular weight is 251 g/mol. The van der Waals surface area contributed by atoms with E-state index in [1.54, 1.807) is 25.1 Å². The molecule has 0 fully saturated rings. The number of rotatable bonds is 6. The van der Waals surface area contributed by atoms with Crippen LogP contribution in [0, 0.1) is 5.92 Å². The van der Waals surface area contributed by atoms with Crippen LogP contribution in [0.2, 0.25) is 0 Å². The molecule has 0 aliphatic rings. The monoisotopic (exact) mass is 251 g/mol. The largest absolute Gasteiger partial charge is 0.484 e. The van der Waals surface area contributed by atoms with Crippen molar-refractivity contribution in [2.24, 2.45) is 5.92 Å². The van der Waals surface area contributed by atoms with Gasteiger partial charge in [-0.1, -0.05) is 26.0 Å². The molecular weight excluding hydrogens is 230 g/mol. The van der Waals surface area contributed by atoms with Crippen molar-refractivity contribution in [3.05, 3.63) is 29.8 Å². The second kappa shape index (κ2) is 7.01. The first kappa shape index (κ1) is 14.5. The molecule has 1 aromatic carbocycles. The van der Waals surface area contributed by atoms with Crippen molar-refractivity contribution in [2.75, 3.05) is 13.2 Å². The summed E-state index contributed by atoms with van der Waals surface area (Å²) in [7, 11) is 0. The molecule has 1 unspecified atom stereocenters. The Kier molecular flexibility index (Phi) is 5.65. The summed E-state index contributed by atoms with van der Waals surface area (Å²) in [4.78, 5) is 11.5. The fraction of sp³-hybridized carbons (Fsp3) is 0.500. The number of benzene rings is 1. The van der Waals surface area contributed by atoms with Crippen molar-refractivity contribution in [1.82, 2.24) is 5.32 Å². The van der Waals surface area contributed by atoms with Crippen molar-refractivity contribution >= 4 is 5.91 Å². The van der Waals surface area contributed by atoms with Crippen LogP contribution in [0.25, 0.3) is 0 Å². The normalized spacial score (nSPS) is 12.3. The Hall–Kier alpha value is -1.55. The molecule has 0 spiro atoms. The summed E-state index contributed by atoms with van der Waals surface area (Å²) in [6.07, 6.45) is -0.539. The van der Waals surface area contributed by atoms with E-state index >= 15 is 0 Å². The quantitative estimate of drug-likeness (QED) is 0.811. The van der Waals surface area contributed by atoms with E-state index in [2.05, 4.69) is 5.32 Å². The van der Waals surface area contributed by atoms with Crippen molar-refractivity contribution in [1.29, 1.82) is 0 Å². The van der Waals surface area contributed by atoms with E-state index in [1.165, 1.54) is 0 Å². The Balaban J connectivity index is 2.43. The Morgan fingerprint density at radius 2 is 2.11 bits per heavy atom. The molecule has 1 rings (SSSR count). The highest BCUT2D eigenvalue weighted by atomic mass is 16.5. The number of hydrogen-bond donors (Lipinski definition) is 2. The maximum Gasteiger partial charge on any atom is 0.257 e. The maximum atomic E-state index is 11.5. The second-order valence-corrected chi connectivity index (χ2v) is 4.74. The van der Waals surface area contributed by atoms with Crippen LogP contribution < -0.4 is 10.1 Å². The van der Waals surface area contributed by atoms with Gasteiger partial charge in [0, 0.05) is 6.54 Å². The van der Waals surface area contributed by atoms with Crippen molar-refractivity contribution in [3.8, 4) is 5.75 Å². The molecular formula is C14H21NO3. The zero-order valence-electron chi connectivity index (χ0n) is 11.1. The zero-order valence-corrected chi connectivity index (χ0v) is 11.1. The van der Waals surface area contributed by atoms with Crippen molar-refractivity contribution < 1.29 is 14.6 Å². The predicted molar refractivity (Wildman–Crippen MR) is 70.4 cm³/mol. The maximum absolute atomic E-state index is 11.5. The minimum atomic E-state index is -0.539. The summed E-state index contributed by atoms with van der Waals surface area (Å²) in [5.41, 5.74) is 0.773. The highest BCUT2D eigenvalue weighted by Gasteiger charge is 2.05. The van der Waals surface area contributed by atoms with Gasteiger partial charge in [-0.25, -0.2) is 0 Å². The molecule has 0 heterocycles. The average Bonchev–Trinajstić information content (AvgIpc) is 2.34. The molecule has 1 amide bonds. The fourth-order valence-corrected chi connectivity index (χ4v) is 1.38. The van der Waals surface area contributed by atoms with E-state index in [-0.39, 0.29) is 12.5 Å². The first-order chi connectivity index (χ1) is 8.49. The molecule has 100 valence electrons. The summed E-state index contributed by atoms with van der Waals surface area (Å²) in [6, 6.07) is 7.11. The van der Waals surface area contributed by atoms with Crippen LogP contribution in [-0.4, -0.2) is 24.2 Å². The number of ether oxygens (including phenoxy) is 1. The fourth-order valence-electron chi connectivity index (χ4n) is 1.38. The summed E-state index contributed by atoms with van der Waals surface area (Å²) >= 11 is 0. The van der Waals surface area contributed by atoms with Gasteiger partial charge < -0.3 is 15.2 Å². The van der Waals surface area contributed by atoms with Gasteiger partial charge in [-0.15, -0.1) is 0 Å². The highest BCUT2D eigenvalue weighted by molar-refractivity contribution is 5.77. The van der Waals surface area contributed by atoms with E-state index < -0.39 is 6.10 Å². The SMILES string of the molecule is CC(C)CNC(=O)COc1cccc(C(C)O)c1. The van der Waals surface area contributed by atoms with E-state index in [4.69, 9.17) is 4.74 Å². The van der Waals surface area contributed by atoms with E-state index in [9.17, 15) is 9.90 Å². The van der Waals surface area contributed by atoms with Crippen molar-refractivity contribution in [3.63, 3.8) is 0 Å². The molecule has 0 aliphatic heterocycles. The van der Waals surface area contributed by atoms with Gasteiger partial charge in [-0.05, 0) is 30.5 Å². The number of hydrogen-bond acceptors (Lipinski definition) is 3.